The maximum absolute atomic E-state index is 13.6. The van der Waals surface area contributed by atoms with Crippen molar-refractivity contribution in [3.05, 3.63) is 36.2 Å². The number of hydrogen-bond acceptors (Lipinski definition) is 10. The molecule has 0 spiro atoms. The largest absolute Gasteiger partial charge is 0.466 e. The number of carbonyl (C=O) groups excluding carboxylic acids is 4. The van der Waals surface area contributed by atoms with Crippen molar-refractivity contribution >= 4 is 35.6 Å². The van der Waals surface area contributed by atoms with E-state index in [0.29, 0.717) is 50.1 Å². The molecule has 3 amide bonds. The van der Waals surface area contributed by atoms with E-state index >= 15 is 0 Å². The Bertz CT molecular complexity index is 1530. The summed E-state index contributed by atoms with van der Waals surface area (Å²) in [7, 11) is 0. The molecule has 18 heteroatoms. The molecule has 4 aliphatic rings. The zero-order chi connectivity index (χ0) is 38.6. The molecule has 0 saturated carbocycles. The zero-order valence-corrected chi connectivity index (χ0v) is 28.8. The van der Waals surface area contributed by atoms with E-state index in [2.05, 4.69) is 15.3 Å². The first-order valence-corrected chi connectivity index (χ1v) is 16.2. The van der Waals surface area contributed by atoms with Crippen molar-refractivity contribution in [2.24, 2.45) is 0 Å². The number of hydrogen-bond donors (Lipinski definition) is 1. The molecular weight excluding hydrogens is 687 g/mol. The van der Waals surface area contributed by atoms with Crippen molar-refractivity contribution in [2.45, 2.75) is 84.1 Å². The van der Waals surface area contributed by atoms with E-state index < -0.39 is 29.7 Å². The van der Waals surface area contributed by atoms with Gasteiger partial charge in [0.05, 0.1) is 12.4 Å². The number of nitrogens with one attached hydrogen (secondary N) is 1. The zero-order valence-electron chi connectivity index (χ0n) is 29.8. The molecule has 282 valence electrons. The number of anilines is 2. The summed E-state index contributed by atoms with van der Waals surface area (Å²) in [5, 5.41) is 3.25. The van der Waals surface area contributed by atoms with E-state index in [1.54, 1.807) is 21.6 Å². The quantitative estimate of drug-likeness (QED) is 0.338. The van der Waals surface area contributed by atoms with Gasteiger partial charge in [0.25, 0.3) is 11.8 Å². The Morgan fingerprint density at radius 1 is 0.902 bits per heavy atom. The Morgan fingerprint density at radius 3 is 1.71 bits per heavy atom. The number of rotatable bonds is 2. The van der Waals surface area contributed by atoms with Gasteiger partial charge in [-0.25, -0.2) is 23.5 Å². The molecule has 0 radical (unpaired) electrons. The minimum Gasteiger partial charge on any atom is -0.466 e. The average Bonchev–Trinajstić information content (AvgIpc) is 3.08. The van der Waals surface area contributed by atoms with Gasteiger partial charge < -0.3 is 34.2 Å². The van der Waals surface area contributed by atoms with Gasteiger partial charge in [0.2, 0.25) is 18.0 Å². The standard InChI is InChI=1S/C17H22FN3O4.C12H14FN3O2.C2HF3O.C2H6/c1-17(2,3)25-16(23)20-6-4-12(5-7-20)21-13-8-11(18)9-19-15(13)24-10-14(21)22;13-8-5-10-12(15-6-8)18-7-11(17)16(10)9-1-3-14-4-2-9;3-2(4,5)1-6;1-2/h8-9,12H,4-7,10H2,1-3H3;5-6,9,14H,1-4,7H2;1H;1-2H3/i;;;1D. The number of aldehydes is 1. The number of amides is 3. The maximum Gasteiger partial charge on any atom is 0.446 e. The van der Waals surface area contributed by atoms with Gasteiger partial charge >= 0.3 is 12.3 Å². The molecule has 0 unspecified atom stereocenters. The maximum atomic E-state index is 13.6. The van der Waals surface area contributed by atoms with Crippen LogP contribution in [0.2, 0.25) is 0 Å². The molecule has 2 saturated heterocycles. The minimum atomic E-state index is -4.64. The first-order chi connectivity index (χ1) is 24.5. The van der Waals surface area contributed by atoms with Gasteiger partial charge in [0, 0.05) is 38.7 Å². The predicted molar refractivity (Wildman–Crippen MR) is 175 cm³/mol. The van der Waals surface area contributed by atoms with Crippen molar-refractivity contribution in [2.75, 3.05) is 49.2 Å². The highest BCUT2D eigenvalue weighted by atomic mass is 19.4. The number of carbonyl (C=O) groups is 4. The molecule has 6 rings (SSSR count). The third kappa shape index (κ3) is 11.7. The van der Waals surface area contributed by atoms with E-state index in [4.69, 9.17) is 20.4 Å². The number of aromatic nitrogens is 2. The number of ether oxygens (including phenoxy) is 3. The number of piperidine rings is 2. The Kier molecular flexibility index (Phi) is 13.9. The Labute approximate surface area is 293 Å². The van der Waals surface area contributed by atoms with E-state index in [9.17, 15) is 36.3 Å². The first-order valence-electron chi connectivity index (χ1n) is 16.9. The number of pyridine rings is 2. The minimum absolute atomic E-state index is 0.0183. The molecule has 0 atom stereocenters. The van der Waals surface area contributed by atoms with Crippen LogP contribution in [0.4, 0.5) is 38.1 Å². The second kappa shape index (κ2) is 18.1. The Morgan fingerprint density at radius 2 is 1.31 bits per heavy atom. The van der Waals surface area contributed by atoms with Crippen LogP contribution >= 0.6 is 0 Å². The monoisotopic (exact) mass is 731 g/mol. The normalized spacial score (nSPS) is 18.1. The molecular formula is C33H43F5N6O7. The number of alkyl halides is 3. The fourth-order valence-electron chi connectivity index (χ4n) is 5.57. The van der Waals surface area contributed by atoms with Crippen LogP contribution in [0.5, 0.6) is 11.8 Å². The van der Waals surface area contributed by atoms with E-state index in [-0.39, 0.29) is 49.1 Å². The highest BCUT2D eigenvalue weighted by Crippen LogP contribution is 2.35. The first kappa shape index (κ1) is 39.2. The second-order valence-corrected chi connectivity index (χ2v) is 12.4. The van der Waals surface area contributed by atoms with Crippen LogP contribution in [-0.2, 0) is 19.1 Å². The molecule has 2 aromatic rings. The van der Waals surface area contributed by atoms with Crippen LogP contribution in [0.25, 0.3) is 0 Å². The Balaban J connectivity index is 0.000000235. The van der Waals surface area contributed by atoms with E-state index in [1.165, 1.54) is 12.1 Å². The lowest BCUT2D eigenvalue weighted by Gasteiger charge is -2.40. The van der Waals surface area contributed by atoms with E-state index in [0.717, 1.165) is 38.3 Å². The summed E-state index contributed by atoms with van der Waals surface area (Å²) in [6.45, 7) is 10.3. The fourth-order valence-corrected chi connectivity index (χ4v) is 5.57. The van der Waals surface area contributed by atoms with Crippen LogP contribution in [0, 0.1) is 11.6 Å². The molecule has 0 aliphatic carbocycles. The van der Waals surface area contributed by atoms with E-state index in [1.807, 2.05) is 20.8 Å². The molecule has 0 aromatic carbocycles. The summed E-state index contributed by atoms with van der Waals surface area (Å²) in [6, 6.07) is 2.56. The van der Waals surface area contributed by atoms with Crippen LogP contribution in [0.15, 0.2) is 24.5 Å². The molecule has 51 heavy (non-hydrogen) atoms. The van der Waals surface area contributed by atoms with Gasteiger partial charge in [0.15, 0.2) is 13.2 Å². The third-order valence-electron chi connectivity index (χ3n) is 7.61. The average molecular weight is 732 g/mol. The molecule has 0 bridgehead atoms. The number of fused-ring (bicyclic) bond motifs is 2. The van der Waals surface area contributed by atoms with Crippen molar-refractivity contribution in [3.8, 4) is 11.8 Å². The summed E-state index contributed by atoms with van der Waals surface area (Å²) in [6.07, 6.45) is -0.988. The number of nitrogens with zero attached hydrogens (tertiary/aromatic N) is 5. The van der Waals surface area contributed by atoms with Gasteiger partial charge in [-0.05, 0) is 59.5 Å². The van der Waals surface area contributed by atoms with Crippen LogP contribution in [-0.4, -0.2) is 102 Å². The van der Waals surface area contributed by atoms with Crippen LogP contribution < -0.4 is 24.6 Å². The SMILES string of the molecule is CC(C)(C)OC(=O)N1CCC(N2C(=O)COc3ncc(F)cc32)CC1.O=C1COc2ncc(F)cc2N1C1CCNCC1.O=CC(F)(F)F.[2H]CC. The highest BCUT2D eigenvalue weighted by molar-refractivity contribution is 5.98. The van der Waals surface area contributed by atoms with Crippen molar-refractivity contribution < 1.29 is 56.7 Å². The number of likely N-dealkylation sites (tertiary alicyclic amines) is 1. The summed E-state index contributed by atoms with van der Waals surface area (Å²) < 4.78 is 80.2. The van der Waals surface area contributed by atoms with Crippen LogP contribution in [0.1, 0.15) is 61.6 Å². The summed E-state index contributed by atoms with van der Waals surface area (Å²) in [5.74, 6) is -0.721. The van der Waals surface area contributed by atoms with Gasteiger partial charge in [-0.3, -0.25) is 14.4 Å². The molecule has 2 fully saturated rings. The topological polar surface area (TPSA) is 144 Å². The summed E-state index contributed by atoms with van der Waals surface area (Å²) in [5.41, 5.74) is 0.265. The lowest BCUT2D eigenvalue weighted by molar-refractivity contribution is -0.156. The molecule has 4 aliphatic heterocycles. The second-order valence-electron chi connectivity index (χ2n) is 12.4. The summed E-state index contributed by atoms with van der Waals surface area (Å²) >= 11 is 0. The van der Waals surface area contributed by atoms with Crippen molar-refractivity contribution in [1.82, 2.24) is 20.2 Å². The van der Waals surface area contributed by atoms with Gasteiger partial charge in [-0.15, -0.1) is 0 Å². The van der Waals surface area contributed by atoms with Crippen LogP contribution in [0.3, 0.4) is 0 Å². The van der Waals surface area contributed by atoms with Crippen molar-refractivity contribution in [1.29, 1.82) is 0 Å². The molecule has 13 nitrogen and oxygen atoms in total. The Hall–Kier alpha value is -4.61. The van der Waals surface area contributed by atoms with Gasteiger partial charge in [-0.2, -0.15) is 13.2 Å². The lowest BCUT2D eigenvalue weighted by Crippen LogP contribution is -2.52. The molecule has 2 aromatic heterocycles. The van der Waals surface area contributed by atoms with Gasteiger partial charge in [-0.1, -0.05) is 13.8 Å². The smallest absolute Gasteiger partial charge is 0.446 e. The third-order valence-corrected chi connectivity index (χ3v) is 7.61. The highest BCUT2D eigenvalue weighted by Gasteiger charge is 2.37. The van der Waals surface area contributed by atoms with Gasteiger partial charge in [0.1, 0.15) is 28.6 Å². The molecule has 1 N–H and O–H groups in total. The number of halogens is 5. The molecule has 6 heterocycles. The summed E-state index contributed by atoms with van der Waals surface area (Å²) in [4.78, 5) is 57.8. The predicted octanol–water partition coefficient (Wildman–Crippen LogP) is 4.82. The van der Waals surface area contributed by atoms with Crippen molar-refractivity contribution in [3.63, 3.8) is 0 Å². The fraction of sp³-hybridized carbons (Fsp3) is 0.576. The lowest BCUT2D eigenvalue weighted by atomic mass is 10.0.